The molecule has 0 bridgehead atoms. The van der Waals surface area contributed by atoms with Gasteiger partial charge in [0.15, 0.2) is 0 Å². The van der Waals surface area contributed by atoms with Crippen LogP contribution < -0.4 is 4.74 Å². The van der Waals surface area contributed by atoms with Gasteiger partial charge in [-0.15, -0.1) is 0 Å². The summed E-state index contributed by atoms with van der Waals surface area (Å²) in [6, 6.07) is 0. The summed E-state index contributed by atoms with van der Waals surface area (Å²) >= 11 is 5.55. The maximum atomic E-state index is 13.1. The van der Waals surface area contributed by atoms with Crippen LogP contribution in [0.3, 0.4) is 0 Å². The number of halogens is 2. The number of hydrogen-bond donors (Lipinski definition) is 0. The van der Waals surface area contributed by atoms with Gasteiger partial charge in [-0.05, 0) is 18.0 Å². The van der Waals surface area contributed by atoms with Crippen molar-refractivity contribution in [3.05, 3.63) is 17.3 Å². The molecule has 0 radical (unpaired) electrons. The lowest BCUT2D eigenvalue weighted by atomic mass is 10.1. The summed E-state index contributed by atoms with van der Waals surface area (Å²) in [6.07, 6.45) is 7.99. The highest BCUT2D eigenvalue weighted by Crippen LogP contribution is 2.15. The number of ether oxygens (including phenoxy) is 1. The molecule has 0 saturated heterocycles. The van der Waals surface area contributed by atoms with Gasteiger partial charge in [0.05, 0.1) is 12.8 Å². The lowest BCUT2D eigenvalue weighted by Crippen LogP contribution is -2.02. The van der Waals surface area contributed by atoms with E-state index in [-0.39, 0.29) is 11.2 Å². The first-order valence-electron chi connectivity index (χ1n) is 6.05. The SMILES string of the molecule is CCCCCCCCOc1nc(Cl)ncc1F. The second kappa shape index (κ2) is 8.23. The first-order valence-corrected chi connectivity index (χ1v) is 6.42. The van der Waals surface area contributed by atoms with Crippen LogP contribution in [0, 0.1) is 5.82 Å². The zero-order chi connectivity index (χ0) is 12.5. The Morgan fingerprint density at radius 2 is 1.94 bits per heavy atom. The van der Waals surface area contributed by atoms with Crippen LogP contribution in [0.2, 0.25) is 5.28 Å². The fourth-order valence-electron chi connectivity index (χ4n) is 1.48. The van der Waals surface area contributed by atoms with E-state index in [1.165, 1.54) is 25.7 Å². The molecule has 0 fully saturated rings. The van der Waals surface area contributed by atoms with Crippen molar-refractivity contribution in [2.75, 3.05) is 6.61 Å². The van der Waals surface area contributed by atoms with Crippen molar-refractivity contribution in [2.24, 2.45) is 0 Å². The molecule has 0 amide bonds. The third kappa shape index (κ3) is 5.82. The molecule has 0 aromatic carbocycles. The largest absolute Gasteiger partial charge is 0.475 e. The molecule has 0 saturated carbocycles. The summed E-state index contributed by atoms with van der Waals surface area (Å²) in [5, 5.41) is 0.00402. The van der Waals surface area contributed by atoms with E-state index in [0.29, 0.717) is 6.61 Å². The van der Waals surface area contributed by atoms with Crippen molar-refractivity contribution in [1.82, 2.24) is 9.97 Å². The molecule has 1 aromatic heterocycles. The minimum Gasteiger partial charge on any atom is -0.475 e. The van der Waals surface area contributed by atoms with Gasteiger partial charge in [0, 0.05) is 0 Å². The van der Waals surface area contributed by atoms with Crippen LogP contribution in [0.1, 0.15) is 45.4 Å². The number of hydrogen-bond acceptors (Lipinski definition) is 3. The van der Waals surface area contributed by atoms with Gasteiger partial charge in [0.1, 0.15) is 0 Å². The van der Waals surface area contributed by atoms with E-state index >= 15 is 0 Å². The molecular weight excluding hydrogens is 243 g/mol. The maximum absolute atomic E-state index is 13.1. The molecule has 96 valence electrons. The molecule has 0 N–H and O–H groups in total. The van der Waals surface area contributed by atoms with E-state index in [9.17, 15) is 4.39 Å². The molecule has 0 aliphatic carbocycles. The standard InChI is InChI=1S/C12H18ClFN2O/c1-2-3-4-5-6-7-8-17-11-10(14)9-15-12(13)16-11/h9H,2-8H2,1H3. The van der Waals surface area contributed by atoms with Crippen LogP contribution >= 0.6 is 11.6 Å². The molecule has 0 unspecified atom stereocenters. The summed E-state index contributed by atoms with van der Waals surface area (Å²) < 4.78 is 18.4. The summed E-state index contributed by atoms with van der Waals surface area (Å²) in [6.45, 7) is 2.65. The molecule has 0 aliphatic rings. The second-order valence-corrected chi connectivity index (χ2v) is 4.25. The Morgan fingerprint density at radius 1 is 1.24 bits per heavy atom. The van der Waals surface area contributed by atoms with Crippen molar-refractivity contribution in [1.29, 1.82) is 0 Å². The normalized spacial score (nSPS) is 10.5. The third-order valence-corrected chi connectivity index (χ3v) is 2.60. The van der Waals surface area contributed by atoms with E-state index in [1.807, 2.05) is 0 Å². The number of unbranched alkanes of at least 4 members (excludes halogenated alkanes) is 5. The number of aromatic nitrogens is 2. The van der Waals surface area contributed by atoms with E-state index in [2.05, 4.69) is 16.9 Å². The fourth-order valence-corrected chi connectivity index (χ4v) is 1.61. The zero-order valence-electron chi connectivity index (χ0n) is 10.1. The van der Waals surface area contributed by atoms with E-state index < -0.39 is 5.82 Å². The Morgan fingerprint density at radius 3 is 2.71 bits per heavy atom. The zero-order valence-corrected chi connectivity index (χ0v) is 10.8. The van der Waals surface area contributed by atoms with Gasteiger partial charge >= 0.3 is 0 Å². The van der Waals surface area contributed by atoms with Crippen LogP contribution in [-0.4, -0.2) is 16.6 Å². The Balaban J connectivity index is 2.15. The molecule has 1 aromatic rings. The average Bonchev–Trinajstić information content (AvgIpc) is 2.32. The summed E-state index contributed by atoms with van der Waals surface area (Å²) in [5.41, 5.74) is 0. The quantitative estimate of drug-likeness (QED) is 0.523. The van der Waals surface area contributed by atoms with Crippen molar-refractivity contribution in [3.63, 3.8) is 0 Å². The predicted octanol–water partition coefficient (Wildman–Crippen LogP) is 4.01. The Bertz CT molecular complexity index is 336. The first kappa shape index (κ1) is 14.2. The summed E-state index contributed by atoms with van der Waals surface area (Å²) in [7, 11) is 0. The van der Waals surface area contributed by atoms with Crippen molar-refractivity contribution < 1.29 is 9.13 Å². The predicted molar refractivity (Wildman–Crippen MR) is 65.9 cm³/mol. The maximum Gasteiger partial charge on any atom is 0.254 e. The lowest BCUT2D eigenvalue weighted by Gasteiger charge is -2.05. The highest BCUT2D eigenvalue weighted by atomic mass is 35.5. The van der Waals surface area contributed by atoms with Crippen LogP contribution in [0.5, 0.6) is 5.88 Å². The molecule has 3 nitrogen and oxygen atoms in total. The van der Waals surface area contributed by atoms with E-state index in [0.717, 1.165) is 19.0 Å². The minimum atomic E-state index is -0.569. The molecule has 5 heteroatoms. The average molecular weight is 261 g/mol. The molecule has 1 heterocycles. The molecular formula is C12H18ClFN2O. The van der Waals surface area contributed by atoms with Gasteiger partial charge in [-0.1, -0.05) is 39.0 Å². The van der Waals surface area contributed by atoms with Gasteiger partial charge in [0.2, 0.25) is 11.1 Å². The topological polar surface area (TPSA) is 35.0 Å². The van der Waals surface area contributed by atoms with Gasteiger partial charge in [-0.25, -0.2) is 4.98 Å². The van der Waals surface area contributed by atoms with Crippen molar-refractivity contribution in [3.8, 4) is 5.88 Å². The van der Waals surface area contributed by atoms with Gasteiger partial charge < -0.3 is 4.74 Å². The molecule has 17 heavy (non-hydrogen) atoms. The van der Waals surface area contributed by atoms with Crippen molar-refractivity contribution >= 4 is 11.6 Å². The third-order valence-electron chi connectivity index (χ3n) is 2.42. The van der Waals surface area contributed by atoms with Gasteiger partial charge in [0.25, 0.3) is 5.88 Å². The highest BCUT2D eigenvalue weighted by Gasteiger charge is 2.06. The second-order valence-electron chi connectivity index (χ2n) is 3.91. The summed E-state index contributed by atoms with van der Waals surface area (Å²) in [5.74, 6) is -0.626. The van der Waals surface area contributed by atoms with Crippen molar-refractivity contribution in [2.45, 2.75) is 45.4 Å². The van der Waals surface area contributed by atoms with Gasteiger partial charge in [-0.2, -0.15) is 9.37 Å². The molecule has 1 rings (SSSR count). The van der Waals surface area contributed by atoms with E-state index in [4.69, 9.17) is 16.3 Å². The van der Waals surface area contributed by atoms with E-state index in [1.54, 1.807) is 0 Å². The number of nitrogens with zero attached hydrogens (tertiary/aromatic N) is 2. The van der Waals surface area contributed by atoms with Crippen LogP contribution in [0.4, 0.5) is 4.39 Å². The number of rotatable bonds is 8. The van der Waals surface area contributed by atoms with Crippen LogP contribution in [0.15, 0.2) is 6.20 Å². The van der Waals surface area contributed by atoms with Crippen LogP contribution in [-0.2, 0) is 0 Å². The molecule has 0 aliphatic heterocycles. The lowest BCUT2D eigenvalue weighted by molar-refractivity contribution is 0.277. The van der Waals surface area contributed by atoms with Gasteiger partial charge in [-0.3, -0.25) is 0 Å². The fraction of sp³-hybridized carbons (Fsp3) is 0.667. The molecule has 0 atom stereocenters. The Labute approximate surface area is 106 Å². The summed E-state index contributed by atoms with van der Waals surface area (Å²) in [4.78, 5) is 7.19. The Kier molecular flexibility index (Phi) is 6.86. The minimum absolute atomic E-state index is 0.00402. The first-order chi connectivity index (χ1) is 8.24. The molecule has 0 spiro atoms. The van der Waals surface area contributed by atoms with Crippen LogP contribution in [0.25, 0.3) is 0 Å². The Hall–Kier alpha value is -0.900. The highest BCUT2D eigenvalue weighted by molar-refractivity contribution is 6.28. The monoisotopic (exact) mass is 260 g/mol. The smallest absolute Gasteiger partial charge is 0.254 e.